The number of nitrogens with one attached hydrogen (secondary N) is 1. The Hall–Kier alpha value is -1.91. The summed E-state index contributed by atoms with van der Waals surface area (Å²) >= 11 is 5.83. The Morgan fingerprint density at radius 1 is 1.25 bits per heavy atom. The Balaban J connectivity index is 2.17. The van der Waals surface area contributed by atoms with E-state index in [9.17, 15) is 14.3 Å². The van der Waals surface area contributed by atoms with Crippen molar-refractivity contribution in [3.05, 3.63) is 70.5 Å². The first-order chi connectivity index (χ1) is 9.61. The van der Waals surface area contributed by atoms with Gasteiger partial charge in [0.1, 0.15) is 5.82 Å². The van der Waals surface area contributed by atoms with Crippen LogP contribution in [0.1, 0.15) is 22.0 Å². The SMILES string of the molecule is O=C(NC(CO)c1ccccc1)c1ccc(F)cc1Cl. The third kappa shape index (κ3) is 3.35. The van der Waals surface area contributed by atoms with Crippen LogP contribution in [0.4, 0.5) is 4.39 Å². The van der Waals surface area contributed by atoms with Crippen molar-refractivity contribution >= 4 is 17.5 Å². The second-order valence-electron chi connectivity index (χ2n) is 4.24. The summed E-state index contributed by atoms with van der Waals surface area (Å²) in [4.78, 5) is 12.1. The van der Waals surface area contributed by atoms with Crippen molar-refractivity contribution in [1.29, 1.82) is 0 Å². The van der Waals surface area contributed by atoms with E-state index in [-0.39, 0.29) is 17.2 Å². The molecule has 5 heteroatoms. The van der Waals surface area contributed by atoms with Gasteiger partial charge in [0, 0.05) is 0 Å². The summed E-state index contributed by atoms with van der Waals surface area (Å²) < 4.78 is 12.9. The molecule has 0 bridgehead atoms. The van der Waals surface area contributed by atoms with Gasteiger partial charge in [-0.3, -0.25) is 4.79 Å². The minimum absolute atomic E-state index is 0.0345. The number of amides is 1. The summed E-state index contributed by atoms with van der Waals surface area (Å²) in [5.74, 6) is -0.966. The molecule has 0 aliphatic carbocycles. The van der Waals surface area contributed by atoms with E-state index >= 15 is 0 Å². The van der Waals surface area contributed by atoms with Gasteiger partial charge in [-0.05, 0) is 23.8 Å². The fraction of sp³-hybridized carbons (Fsp3) is 0.133. The molecule has 0 aromatic heterocycles. The summed E-state index contributed by atoms with van der Waals surface area (Å²) in [5.41, 5.74) is 0.948. The molecule has 20 heavy (non-hydrogen) atoms. The molecule has 1 atom stereocenters. The topological polar surface area (TPSA) is 49.3 Å². The largest absolute Gasteiger partial charge is 0.394 e. The molecule has 3 nitrogen and oxygen atoms in total. The molecule has 1 amide bonds. The Bertz CT molecular complexity index is 604. The number of halogens is 2. The van der Waals surface area contributed by atoms with Crippen molar-refractivity contribution in [2.75, 3.05) is 6.61 Å². The van der Waals surface area contributed by atoms with Crippen LogP contribution in [0.5, 0.6) is 0 Å². The monoisotopic (exact) mass is 293 g/mol. The maximum absolute atomic E-state index is 12.9. The molecule has 0 saturated carbocycles. The molecule has 0 heterocycles. The smallest absolute Gasteiger partial charge is 0.253 e. The van der Waals surface area contributed by atoms with Gasteiger partial charge < -0.3 is 10.4 Å². The van der Waals surface area contributed by atoms with E-state index in [4.69, 9.17) is 11.6 Å². The van der Waals surface area contributed by atoms with Crippen LogP contribution < -0.4 is 5.32 Å². The van der Waals surface area contributed by atoms with Crippen molar-refractivity contribution in [3.63, 3.8) is 0 Å². The molecule has 2 aromatic carbocycles. The van der Waals surface area contributed by atoms with E-state index in [0.29, 0.717) is 0 Å². The molecule has 0 saturated heterocycles. The number of hydrogen-bond acceptors (Lipinski definition) is 2. The van der Waals surface area contributed by atoms with Crippen LogP contribution in [0.3, 0.4) is 0 Å². The van der Waals surface area contributed by atoms with E-state index in [1.54, 1.807) is 12.1 Å². The zero-order valence-electron chi connectivity index (χ0n) is 10.5. The molecule has 2 rings (SSSR count). The van der Waals surface area contributed by atoms with Gasteiger partial charge in [-0.25, -0.2) is 4.39 Å². The second kappa shape index (κ2) is 6.50. The van der Waals surface area contributed by atoms with Crippen molar-refractivity contribution in [2.45, 2.75) is 6.04 Å². The minimum Gasteiger partial charge on any atom is -0.394 e. The van der Waals surface area contributed by atoms with Gasteiger partial charge in [-0.2, -0.15) is 0 Å². The first-order valence-corrected chi connectivity index (χ1v) is 6.41. The molecule has 2 N–H and O–H groups in total. The molecule has 1 unspecified atom stereocenters. The molecule has 2 aromatic rings. The first-order valence-electron chi connectivity index (χ1n) is 6.03. The predicted octanol–water partition coefficient (Wildman–Crippen LogP) is 2.94. The Labute approximate surface area is 121 Å². The minimum atomic E-state index is -0.537. The lowest BCUT2D eigenvalue weighted by molar-refractivity contribution is 0.0916. The third-order valence-electron chi connectivity index (χ3n) is 2.87. The highest BCUT2D eigenvalue weighted by Gasteiger charge is 2.17. The van der Waals surface area contributed by atoms with Crippen molar-refractivity contribution in [3.8, 4) is 0 Å². The van der Waals surface area contributed by atoms with Crippen LogP contribution in [0, 0.1) is 5.82 Å². The molecule has 0 spiro atoms. The highest BCUT2D eigenvalue weighted by molar-refractivity contribution is 6.33. The number of aliphatic hydroxyl groups excluding tert-OH is 1. The highest BCUT2D eigenvalue weighted by Crippen LogP contribution is 2.19. The Kier molecular flexibility index (Phi) is 4.71. The number of rotatable bonds is 4. The van der Waals surface area contributed by atoms with Crippen LogP contribution in [0.25, 0.3) is 0 Å². The summed E-state index contributed by atoms with van der Waals surface area (Å²) in [6.07, 6.45) is 0. The molecule has 0 radical (unpaired) electrons. The van der Waals surface area contributed by atoms with Gasteiger partial charge in [-0.15, -0.1) is 0 Å². The average molecular weight is 294 g/mol. The van der Waals surface area contributed by atoms with Gasteiger partial charge in [-0.1, -0.05) is 41.9 Å². The number of carbonyl (C=O) groups is 1. The maximum Gasteiger partial charge on any atom is 0.253 e. The van der Waals surface area contributed by atoms with Crippen molar-refractivity contribution in [1.82, 2.24) is 5.32 Å². The second-order valence-corrected chi connectivity index (χ2v) is 4.65. The summed E-state index contributed by atoms with van der Waals surface area (Å²) in [6, 6.07) is 12.1. The van der Waals surface area contributed by atoms with E-state index in [1.165, 1.54) is 6.07 Å². The number of benzene rings is 2. The average Bonchev–Trinajstić information content (AvgIpc) is 2.45. The lowest BCUT2D eigenvalue weighted by Gasteiger charge is -2.17. The number of carbonyl (C=O) groups excluding carboxylic acids is 1. The molecule has 0 fully saturated rings. The number of hydrogen-bond donors (Lipinski definition) is 2. The van der Waals surface area contributed by atoms with Crippen LogP contribution in [-0.4, -0.2) is 17.6 Å². The lowest BCUT2D eigenvalue weighted by Crippen LogP contribution is -2.31. The van der Waals surface area contributed by atoms with Gasteiger partial charge in [0.2, 0.25) is 0 Å². The van der Waals surface area contributed by atoms with E-state index < -0.39 is 17.8 Å². The standard InChI is InChI=1S/C15H13ClFNO2/c16-13-8-11(17)6-7-12(13)15(20)18-14(9-19)10-4-2-1-3-5-10/h1-8,14,19H,9H2,(H,18,20). The van der Waals surface area contributed by atoms with Crippen molar-refractivity contribution in [2.24, 2.45) is 0 Å². The van der Waals surface area contributed by atoms with Gasteiger partial charge >= 0.3 is 0 Å². The molecular weight excluding hydrogens is 281 g/mol. The van der Waals surface area contributed by atoms with E-state index in [0.717, 1.165) is 17.7 Å². The Morgan fingerprint density at radius 2 is 1.95 bits per heavy atom. The Morgan fingerprint density at radius 3 is 2.55 bits per heavy atom. The third-order valence-corrected chi connectivity index (χ3v) is 3.18. The van der Waals surface area contributed by atoms with E-state index in [2.05, 4.69) is 5.32 Å². The maximum atomic E-state index is 12.9. The summed E-state index contributed by atoms with van der Waals surface area (Å²) in [6.45, 7) is -0.242. The van der Waals surface area contributed by atoms with Crippen molar-refractivity contribution < 1.29 is 14.3 Å². The lowest BCUT2D eigenvalue weighted by atomic mass is 10.1. The van der Waals surface area contributed by atoms with Gasteiger partial charge in [0.05, 0.1) is 23.2 Å². The zero-order valence-corrected chi connectivity index (χ0v) is 11.3. The molecule has 0 aliphatic heterocycles. The molecule has 104 valence electrons. The number of aliphatic hydroxyl groups is 1. The molecular formula is C15H13ClFNO2. The summed E-state index contributed by atoms with van der Waals surface area (Å²) in [7, 11) is 0. The van der Waals surface area contributed by atoms with Crippen LogP contribution >= 0.6 is 11.6 Å². The quantitative estimate of drug-likeness (QED) is 0.910. The van der Waals surface area contributed by atoms with E-state index in [1.807, 2.05) is 18.2 Å². The first kappa shape index (κ1) is 14.5. The van der Waals surface area contributed by atoms with Gasteiger partial charge in [0.25, 0.3) is 5.91 Å². The fourth-order valence-corrected chi connectivity index (χ4v) is 2.08. The normalized spacial score (nSPS) is 11.9. The predicted molar refractivity (Wildman–Crippen MR) is 75.1 cm³/mol. The van der Waals surface area contributed by atoms with Crippen LogP contribution in [0.15, 0.2) is 48.5 Å². The highest BCUT2D eigenvalue weighted by atomic mass is 35.5. The van der Waals surface area contributed by atoms with Crippen LogP contribution in [0.2, 0.25) is 5.02 Å². The van der Waals surface area contributed by atoms with Crippen LogP contribution in [-0.2, 0) is 0 Å². The fourth-order valence-electron chi connectivity index (χ4n) is 1.83. The molecule has 0 aliphatic rings. The summed E-state index contributed by atoms with van der Waals surface area (Å²) in [5, 5.41) is 12.1. The zero-order chi connectivity index (χ0) is 14.5. The van der Waals surface area contributed by atoms with Gasteiger partial charge in [0.15, 0.2) is 0 Å².